The molecule has 1 aliphatic heterocycles. The highest BCUT2D eigenvalue weighted by molar-refractivity contribution is 5.32. The van der Waals surface area contributed by atoms with Crippen molar-refractivity contribution < 1.29 is 4.74 Å². The molecule has 1 atom stereocenters. The summed E-state index contributed by atoms with van der Waals surface area (Å²) in [7, 11) is 0. The molecular weight excluding hydrogens is 162 g/mol. The van der Waals surface area contributed by atoms with Gasteiger partial charge in [-0.3, -0.25) is 0 Å². The Morgan fingerprint density at radius 3 is 2.62 bits per heavy atom. The molecule has 1 fully saturated rings. The van der Waals surface area contributed by atoms with Crippen LogP contribution in [0.2, 0.25) is 0 Å². The Balaban J connectivity index is 2.18. The first kappa shape index (κ1) is 8.28. The summed E-state index contributed by atoms with van der Waals surface area (Å²) < 4.78 is 5.53. The van der Waals surface area contributed by atoms with Gasteiger partial charge in [-0.2, -0.15) is 5.26 Å². The predicted molar refractivity (Wildman–Crippen MR) is 49.1 cm³/mol. The molecule has 1 saturated heterocycles. The van der Waals surface area contributed by atoms with Gasteiger partial charge in [0.1, 0.15) is 0 Å². The van der Waals surface area contributed by atoms with E-state index >= 15 is 0 Å². The van der Waals surface area contributed by atoms with Gasteiger partial charge in [-0.1, -0.05) is 12.1 Å². The van der Waals surface area contributed by atoms with Gasteiger partial charge in [0, 0.05) is 6.61 Å². The lowest BCUT2D eigenvalue weighted by atomic mass is 10.1. The summed E-state index contributed by atoms with van der Waals surface area (Å²) in [4.78, 5) is 0. The highest BCUT2D eigenvalue weighted by Crippen LogP contribution is 2.28. The van der Waals surface area contributed by atoms with Crippen LogP contribution in [0, 0.1) is 11.3 Å². The van der Waals surface area contributed by atoms with Crippen LogP contribution in [0.3, 0.4) is 0 Å². The number of ether oxygens (including phenoxy) is 1. The molecule has 0 amide bonds. The first-order chi connectivity index (χ1) is 6.40. The predicted octanol–water partition coefficient (Wildman–Crippen LogP) is 2.41. The molecule has 0 radical (unpaired) electrons. The second-order valence-electron chi connectivity index (χ2n) is 3.24. The molecule has 0 unspecified atom stereocenters. The van der Waals surface area contributed by atoms with Gasteiger partial charge in [-0.15, -0.1) is 0 Å². The third-order valence-electron chi connectivity index (χ3n) is 2.34. The van der Waals surface area contributed by atoms with Gasteiger partial charge in [0.15, 0.2) is 0 Å². The molecule has 66 valence electrons. The molecule has 1 aromatic rings. The van der Waals surface area contributed by atoms with Crippen molar-refractivity contribution >= 4 is 0 Å². The maximum atomic E-state index is 8.61. The van der Waals surface area contributed by atoms with Gasteiger partial charge in [0.05, 0.1) is 17.7 Å². The monoisotopic (exact) mass is 173 g/mol. The number of benzene rings is 1. The Kier molecular flexibility index (Phi) is 2.29. The average molecular weight is 173 g/mol. The fraction of sp³-hybridized carbons (Fsp3) is 0.364. The molecule has 0 aliphatic carbocycles. The van der Waals surface area contributed by atoms with Crippen molar-refractivity contribution in [1.82, 2.24) is 0 Å². The van der Waals surface area contributed by atoms with E-state index < -0.39 is 0 Å². The zero-order valence-corrected chi connectivity index (χ0v) is 7.36. The van der Waals surface area contributed by atoms with Crippen LogP contribution in [0.5, 0.6) is 0 Å². The minimum Gasteiger partial charge on any atom is -0.374 e. The fourth-order valence-electron chi connectivity index (χ4n) is 1.61. The number of rotatable bonds is 1. The van der Waals surface area contributed by atoms with Crippen LogP contribution >= 0.6 is 0 Å². The van der Waals surface area contributed by atoms with Crippen LogP contribution in [0.1, 0.15) is 30.1 Å². The Labute approximate surface area is 77.8 Å². The third kappa shape index (κ3) is 1.71. The molecule has 0 saturated carbocycles. The normalized spacial score (nSPS) is 21.3. The van der Waals surface area contributed by atoms with Crippen molar-refractivity contribution in [2.24, 2.45) is 0 Å². The van der Waals surface area contributed by atoms with Crippen LogP contribution in [0.4, 0.5) is 0 Å². The van der Waals surface area contributed by atoms with E-state index in [9.17, 15) is 0 Å². The lowest BCUT2D eigenvalue weighted by Crippen LogP contribution is -1.94. The van der Waals surface area contributed by atoms with Crippen LogP contribution in [0.25, 0.3) is 0 Å². The summed E-state index contributed by atoms with van der Waals surface area (Å²) in [6.45, 7) is 0.866. The topological polar surface area (TPSA) is 33.0 Å². The molecule has 2 heteroatoms. The quantitative estimate of drug-likeness (QED) is 0.653. The summed E-state index contributed by atoms with van der Waals surface area (Å²) in [5.41, 5.74) is 1.90. The number of hydrogen-bond acceptors (Lipinski definition) is 2. The third-order valence-corrected chi connectivity index (χ3v) is 2.34. The van der Waals surface area contributed by atoms with Crippen LogP contribution in [-0.2, 0) is 4.74 Å². The smallest absolute Gasteiger partial charge is 0.0991 e. The highest BCUT2D eigenvalue weighted by Gasteiger charge is 2.16. The first-order valence-corrected chi connectivity index (χ1v) is 4.52. The highest BCUT2D eigenvalue weighted by atomic mass is 16.5. The number of hydrogen-bond donors (Lipinski definition) is 0. The van der Waals surface area contributed by atoms with Crippen LogP contribution < -0.4 is 0 Å². The minimum absolute atomic E-state index is 0.257. The van der Waals surface area contributed by atoms with Gasteiger partial charge in [-0.05, 0) is 30.5 Å². The summed E-state index contributed by atoms with van der Waals surface area (Å²) in [5, 5.41) is 8.61. The summed E-state index contributed by atoms with van der Waals surface area (Å²) in [5.74, 6) is 0. The second kappa shape index (κ2) is 3.59. The Morgan fingerprint density at radius 2 is 2.08 bits per heavy atom. The van der Waals surface area contributed by atoms with E-state index in [1.165, 1.54) is 5.56 Å². The Hall–Kier alpha value is -1.33. The van der Waals surface area contributed by atoms with E-state index in [0.29, 0.717) is 5.56 Å². The molecular formula is C11H11NO. The van der Waals surface area contributed by atoms with E-state index in [-0.39, 0.29) is 6.10 Å². The van der Waals surface area contributed by atoms with E-state index in [1.807, 2.05) is 24.3 Å². The fourth-order valence-corrected chi connectivity index (χ4v) is 1.61. The van der Waals surface area contributed by atoms with E-state index in [0.717, 1.165) is 19.4 Å². The standard InChI is InChI=1S/C11H11NO/c12-8-9-3-5-10(6-4-9)11-2-1-7-13-11/h3-6,11H,1-2,7H2/t11-/m1/s1. The van der Waals surface area contributed by atoms with Gasteiger partial charge in [0.25, 0.3) is 0 Å². The SMILES string of the molecule is N#Cc1ccc([C@H]2CCCO2)cc1. The molecule has 0 aromatic heterocycles. The van der Waals surface area contributed by atoms with E-state index in [4.69, 9.17) is 10.00 Å². The van der Waals surface area contributed by atoms with Crippen molar-refractivity contribution in [2.45, 2.75) is 18.9 Å². The molecule has 2 nitrogen and oxygen atoms in total. The summed E-state index contributed by atoms with van der Waals surface area (Å²) in [6, 6.07) is 9.75. The molecule has 1 aromatic carbocycles. The van der Waals surface area contributed by atoms with Crippen LogP contribution in [0.15, 0.2) is 24.3 Å². The van der Waals surface area contributed by atoms with E-state index in [1.54, 1.807) is 0 Å². The maximum absolute atomic E-state index is 8.61. The minimum atomic E-state index is 0.257. The summed E-state index contributed by atoms with van der Waals surface area (Å²) in [6.07, 6.45) is 2.50. The molecule has 0 spiro atoms. The largest absolute Gasteiger partial charge is 0.374 e. The van der Waals surface area contributed by atoms with Crippen molar-refractivity contribution in [3.8, 4) is 6.07 Å². The Morgan fingerprint density at radius 1 is 1.31 bits per heavy atom. The second-order valence-corrected chi connectivity index (χ2v) is 3.24. The summed E-state index contributed by atoms with van der Waals surface area (Å²) >= 11 is 0. The van der Waals surface area contributed by atoms with Crippen LogP contribution in [-0.4, -0.2) is 6.61 Å². The van der Waals surface area contributed by atoms with Crippen molar-refractivity contribution in [3.05, 3.63) is 35.4 Å². The molecule has 2 rings (SSSR count). The van der Waals surface area contributed by atoms with Gasteiger partial charge >= 0.3 is 0 Å². The van der Waals surface area contributed by atoms with Gasteiger partial charge < -0.3 is 4.74 Å². The molecule has 1 heterocycles. The van der Waals surface area contributed by atoms with Gasteiger partial charge in [-0.25, -0.2) is 0 Å². The van der Waals surface area contributed by atoms with Gasteiger partial charge in [0.2, 0.25) is 0 Å². The Bertz CT molecular complexity index is 317. The molecule has 0 bridgehead atoms. The van der Waals surface area contributed by atoms with Crippen molar-refractivity contribution in [2.75, 3.05) is 6.61 Å². The van der Waals surface area contributed by atoms with E-state index in [2.05, 4.69) is 6.07 Å². The lowest BCUT2D eigenvalue weighted by molar-refractivity contribution is 0.112. The van der Waals surface area contributed by atoms with Crippen molar-refractivity contribution in [3.63, 3.8) is 0 Å². The number of nitrogens with zero attached hydrogens (tertiary/aromatic N) is 1. The lowest BCUT2D eigenvalue weighted by Gasteiger charge is -2.08. The first-order valence-electron chi connectivity index (χ1n) is 4.52. The molecule has 1 aliphatic rings. The number of nitriles is 1. The zero-order valence-electron chi connectivity index (χ0n) is 7.36. The average Bonchev–Trinajstić information content (AvgIpc) is 2.71. The zero-order chi connectivity index (χ0) is 9.10. The molecule has 13 heavy (non-hydrogen) atoms. The maximum Gasteiger partial charge on any atom is 0.0991 e. The van der Waals surface area contributed by atoms with Crippen molar-refractivity contribution in [1.29, 1.82) is 5.26 Å². The molecule has 0 N–H and O–H groups in total.